The first-order valence-corrected chi connectivity index (χ1v) is 9.88. The normalized spacial score (nSPS) is 17.5. The number of nitrogens with one attached hydrogen (secondary N) is 1. The summed E-state index contributed by atoms with van der Waals surface area (Å²) < 4.78 is 0. The Morgan fingerprint density at radius 3 is 2.59 bits per heavy atom. The van der Waals surface area contributed by atoms with E-state index in [0.717, 1.165) is 53.8 Å². The summed E-state index contributed by atoms with van der Waals surface area (Å²) in [5, 5.41) is 6.07. The van der Waals surface area contributed by atoms with Crippen LogP contribution in [-0.4, -0.2) is 24.0 Å². The average molecular weight is 379 g/mol. The van der Waals surface area contributed by atoms with Crippen molar-refractivity contribution in [3.05, 3.63) is 77.3 Å². The van der Waals surface area contributed by atoms with Crippen molar-refractivity contribution in [2.75, 3.05) is 18.4 Å². The minimum Gasteiger partial charge on any atom is -0.324 e. The highest BCUT2D eigenvalue weighted by Gasteiger charge is 2.23. The molecule has 0 spiro atoms. The predicted molar refractivity (Wildman–Crippen MR) is 113 cm³/mol. The monoisotopic (exact) mass is 378 g/mol. The molecule has 4 heteroatoms. The van der Waals surface area contributed by atoms with Gasteiger partial charge in [0.05, 0.1) is 5.69 Å². The Morgan fingerprint density at radius 2 is 1.74 bits per heavy atom. The average Bonchev–Trinajstić information content (AvgIpc) is 2.95. The Balaban J connectivity index is 1.52. The second-order valence-electron chi connectivity index (χ2n) is 7.15. The highest BCUT2D eigenvalue weighted by atomic mass is 35.5. The van der Waals surface area contributed by atoms with E-state index < -0.39 is 0 Å². The number of likely N-dealkylation sites (tertiary alicyclic amines) is 1. The lowest BCUT2D eigenvalue weighted by atomic mass is 9.94. The molecular formula is C23H23ClN2O. The highest BCUT2D eigenvalue weighted by molar-refractivity contribution is 6.30. The van der Waals surface area contributed by atoms with Crippen LogP contribution >= 0.6 is 11.6 Å². The van der Waals surface area contributed by atoms with Gasteiger partial charge in [-0.2, -0.15) is 0 Å². The van der Waals surface area contributed by atoms with E-state index in [9.17, 15) is 4.79 Å². The SMILES string of the molecule is O=C(Nc1cccc2ccccc12)N1CCCCC(c2ccc(Cl)cc2)C1. The van der Waals surface area contributed by atoms with Crippen LogP contribution in [0.4, 0.5) is 10.5 Å². The fourth-order valence-electron chi connectivity index (χ4n) is 3.86. The van der Waals surface area contributed by atoms with E-state index >= 15 is 0 Å². The van der Waals surface area contributed by atoms with E-state index in [1.165, 1.54) is 5.56 Å². The smallest absolute Gasteiger partial charge is 0.321 e. The number of fused-ring (bicyclic) bond motifs is 1. The summed E-state index contributed by atoms with van der Waals surface area (Å²) in [6.45, 7) is 1.53. The van der Waals surface area contributed by atoms with Gasteiger partial charge in [-0.15, -0.1) is 0 Å². The molecule has 1 heterocycles. The number of amides is 2. The number of hydrogen-bond donors (Lipinski definition) is 1. The quantitative estimate of drug-likeness (QED) is 0.558. The highest BCUT2D eigenvalue weighted by Crippen LogP contribution is 2.28. The molecular weight excluding hydrogens is 356 g/mol. The molecule has 3 aromatic carbocycles. The molecule has 0 aromatic heterocycles. The maximum atomic E-state index is 13.0. The molecule has 1 fully saturated rings. The fraction of sp³-hybridized carbons (Fsp3) is 0.261. The van der Waals surface area contributed by atoms with Crippen molar-refractivity contribution in [1.82, 2.24) is 4.90 Å². The molecule has 3 aromatic rings. The Kier molecular flexibility index (Phi) is 5.30. The van der Waals surface area contributed by atoms with Crippen molar-refractivity contribution in [3.63, 3.8) is 0 Å². The lowest BCUT2D eigenvalue weighted by Crippen LogP contribution is -2.37. The number of benzene rings is 3. The van der Waals surface area contributed by atoms with E-state index in [1.54, 1.807) is 0 Å². The van der Waals surface area contributed by atoms with Crippen molar-refractivity contribution in [2.45, 2.75) is 25.2 Å². The predicted octanol–water partition coefficient (Wildman–Crippen LogP) is 6.29. The number of rotatable bonds is 2. The third-order valence-corrected chi connectivity index (χ3v) is 5.58. The lowest BCUT2D eigenvalue weighted by Gasteiger charge is -2.25. The zero-order chi connectivity index (χ0) is 18.6. The van der Waals surface area contributed by atoms with E-state index in [4.69, 9.17) is 11.6 Å². The number of carbonyl (C=O) groups is 1. The minimum atomic E-state index is -0.0211. The standard InChI is InChI=1S/C23H23ClN2O/c24-20-13-11-17(12-14-20)19-7-3-4-15-26(16-19)23(27)25-22-10-5-8-18-6-1-2-9-21(18)22/h1-2,5-6,8-14,19H,3-4,7,15-16H2,(H,25,27). The fourth-order valence-corrected chi connectivity index (χ4v) is 3.99. The molecule has 1 unspecified atom stereocenters. The van der Waals surface area contributed by atoms with Gasteiger partial charge >= 0.3 is 6.03 Å². The molecule has 1 aliphatic rings. The van der Waals surface area contributed by atoms with Crippen LogP contribution in [0.3, 0.4) is 0 Å². The molecule has 3 nitrogen and oxygen atoms in total. The van der Waals surface area contributed by atoms with Gasteiger partial charge in [0, 0.05) is 29.4 Å². The number of carbonyl (C=O) groups excluding carboxylic acids is 1. The summed E-state index contributed by atoms with van der Waals surface area (Å²) in [5.41, 5.74) is 2.12. The van der Waals surface area contributed by atoms with Crippen LogP contribution in [0.15, 0.2) is 66.7 Å². The summed E-state index contributed by atoms with van der Waals surface area (Å²) in [6, 6.07) is 22.1. The second kappa shape index (κ2) is 8.01. The molecule has 1 aliphatic heterocycles. The van der Waals surface area contributed by atoms with Crippen molar-refractivity contribution in [1.29, 1.82) is 0 Å². The number of hydrogen-bond acceptors (Lipinski definition) is 1. The van der Waals surface area contributed by atoms with E-state index in [2.05, 4.69) is 29.6 Å². The number of anilines is 1. The van der Waals surface area contributed by atoms with Gasteiger partial charge in [-0.25, -0.2) is 4.79 Å². The summed E-state index contributed by atoms with van der Waals surface area (Å²) in [5.74, 6) is 0.350. The van der Waals surface area contributed by atoms with Gasteiger partial charge in [0.15, 0.2) is 0 Å². The molecule has 1 saturated heterocycles. The summed E-state index contributed by atoms with van der Waals surface area (Å²) in [6.07, 6.45) is 3.26. The summed E-state index contributed by atoms with van der Waals surface area (Å²) >= 11 is 6.03. The topological polar surface area (TPSA) is 32.3 Å². The van der Waals surface area contributed by atoms with Gasteiger partial charge in [0.25, 0.3) is 0 Å². The largest absolute Gasteiger partial charge is 0.324 e. The van der Waals surface area contributed by atoms with Crippen LogP contribution in [0.5, 0.6) is 0 Å². The van der Waals surface area contributed by atoms with Gasteiger partial charge in [0.2, 0.25) is 0 Å². The molecule has 138 valence electrons. The van der Waals surface area contributed by atoms with Gasteiger partial charge in [-0.3, -0.25) is 0 Å². The maximum absolute atomic E-state index is 13.0. The minimum absolute atomic E-state index is 0.0211. The van der Waals surface area contributed by atoms with Gasteiger partial charge in [-0.05, 0) is 42.0 Å². The van der Waals surface area contributed by atoms with Crippen LogP contribution in [0.2, 0.25) is 5.02 Å². The number of nitrogens with zero attached hydrogens (tertiary/aromatic N) is 1. The number of urea groups is 1. The van der Waals surface area contributed by atoms with Crippen LogP contribution < -0.4 is 5.32 Å². The van der Waals surface area contributed by atoms with Crippen molar-refractivity contribution in [2.24, 2.45) is 0 Å². The molecule has 0 bridgehead atoms. The van der Waals surface area contributed by atoms with Crippen molar-refractivity contribution in [3.8, 4) is 0 Å². The van der Waals surface area contributed by atoms with Gasteiger partial charge in [-0.1, -0.05) is 66.6 Å². The zero-order valence-electron chi connectivity index (χ0n) is 15.2. The molecule has 1 atom stereocenters. The Labute approximate surface area is 164 Å². The first kappa shape index (κ1) is 17.9. The zero-order valence-corrected chi connectivity index (χ0v) is 16.0. The molecule has 4 rings (SSSR count). The number of halogens is 1. The summed E-state index contributed by atoms with van der Waals surface area (Å²) in [4.78, 5) is 14.9. The van der Waals surface area contributed by atoms with Crippen LogP contribution in [-0.2, 0) is 0 Å². The molecule has 27 heavy (non-hydrogen) atoms. The van der Waals surface area contributed by atoms with Gasteiger partial charge < -0.3 is 10.2 Å². The van der Waals surface area contributed by atoms with Crippen LogP contribution in [0.1, 0.15) is 30.7 Å². The van der Waals surface area contributed by atoms with Gasteiger partial charge in [0.1, 0.15) is 0 Å². The molecule has 0 saturated carbocycles. The van der Waals surface area contributed by atoms with E-state index in [-0.39, 0.29) is 6.03 Å². The van der Waals surface area contributed by atoms with E-state index in [0.29, 0.717) is 5.92 Å². The Bertz CT molecular complexity index is 933. The third-order valence-electron chi connectivity index (χ3n) is 5.33. The summed E-state index contributed by atoms with van der Waals surface area (Å²) in [7, 11) is 0. The molecule has 1 N–H and O–H groups in total. The maximum Gasteiger partial charge on any atom is 0.321 e. The van der Waals surface area contributed by atoms with E-state index in [1.807, 2.05) is 47.4 Å². The van der Waals surface area contributed by atoms with Crippen molar-refractivity contribution < 1.29 is 4.79 Å². The first-order valence-electron chi connectivity index (χ1n) is 9.50. The molecule has 2 amide bonds. The van der Waals surface area contributed by atoms with Crippen molar-refractivity contribution >= 4 is 34.1 Å². The third kappa shape index (κ3) is 4.09. The van der Waals surface area contributed by atoms with Crippen LogP contribution in [0.25, 0.3) is 10.8 Å². The first-order chi connectivity index (χ1) is 13.2. The second-order valence-corrected chi connectivity index (χ2v) is 7.58. The molecule has 0 radical (unpaired) electrons. The molecule has 0 aliphatic carbocycles. The Hall–Kier alpha value is -2.52. The van der Waals surface area contributed by atoms with Crippen LogP contribution in [0, 0.1) is 0 Å². The Morgan fingerprint density at radius 1 is 0.963 bits per heavy atom. The lowest BCUT2D eigenvalue weighted by molar-refractivity contribution is 0.211.